The van der Waals surface area contributed by atoms with Crippen LogP contribution in [0, 0.1) is 12.7 Å². The third kappa shape index (κ3) is 4.78. The molecule has 1 unspecified atom stereocenters. The zero-order valence-corrected chi connectivity index (χ0v) is 21.4. The fourth-order valence-corrected chi connectivity index (χ4v) is 4.98. The molecule has 192 valence electrons. The van der Waals surface area contributed by atoms with E-state index in [-0.39, 0.29) is 11.7 Å². The Kier molecular flexibility index (Phi) is 6.39. The number of aromatic nitrogens is 4. The van der Waals surface area contributed by atoms with E-state index in [2.05, 4.69) is 20.9 Å². The van der Waals surface area contributed by atoms with Crippen LogP contribution in [0.3, 0.4) is 0 Å². The number of fused-ring (bicyclic) bond motifs is 3. The van der Waals surface area contributed by atoms with Gasteiger partial charge < -0.3 is 16.0 Å². The summed E-state index contributed by atoms with van der Waals surface area (Å²) in [5.74, 6) is -0.435. The van der Waals surface area contributed by atoms with Crippen LogP contribution in [0.5, 0.6) is 0 Å². The van der Waals surface area contributed by atoms with E-state index in [0.717, 1.165) is 48.2 Å². The van der Waals surface area contributed by atoms with Crippen LogP contribution < -0.4 is 16.0 Å². The number of carbonyl (C=O) groups excluding carboxylic acids is 1. The van der Waals surface area contributed by atoms with Gasteiger partial charge >= 0.3 is 0 Å². The van der Waals surface area contributed by atoms with Gasteiger partial charge in [0.15, 0.2) is 5.65 Å². The molecule has 1 aliphatic heterocycles. The number of anilines is 2. The van der Waals surface area contributed by atoms with E-state index in [0.29, 0.717) is 27.7 Å². The lowest BCUT2D eigenvalue weighted by molar-refractivity contribution is 0.102. The molecule has 10 heteroatoms. The normalized spacial score (nSPS) is 15.6. The molecule has 4 heterocycles. The van der Waals surface area contributed by atoms with Crippen LogP contribution in [-0.4, -0.2) is 44.4 Å². The number of halogens is 2. The molecule has 5 aromatic rings. The van der Waals surface area contributed by atoms with Crippen molar-refractivity contribution >= 4 is 45.8 Å². The third-order valence-corrected chi connectivity index (χ3v) is 6.87. The van der Waals surface area contributed by atoms with Crippen LogP contribution >= 0.6 is 11.6 Å². The van der Waals surface area contributed by atoms with Crippen LogP contribution in [0.2, 0.25) is 5.02 Å². The number of nitrogens with one attached hydrogen (secondary N) is 3. The van der Waals surface area contributed by atoms with Crippen molar-refractivity contribution in [3.8, 4) is 11.1 Å². The van der Waals surface area contributed by atoms with Gasteiger partial charge in [0.25, 0.3) is 5.91 Å². The molecule has 6 rings (SSSR count). The Morgan fingerprint density at radius 3 is 2.84 bits per heavy atom. The van der Waals surface area contributed by atoms with E-state index in [9.17, 15) is 4.79 Å². The summed E-state index contributed by atoms with van der Waals surface area (Å²) in [4.78, 5) is 26.6. The lowest BCUT2D eigenvalue weighted by atomic mass is 10.0. The maximum absolute atomic E-state index is 15.2. The van der Waals surface area contributed by atoms with Crippen molar-refractivity contribution in [3.05, 3.63) is 83.0 Å². The van der Waals surface area contributed by atoms with E-state index >= 15 is 4.39 Å². The number of imidazole rings is 1. The summed E-state index contributed by atoms with van der Waals surface area (Å²) in [5, 5.41) is 10.7. The Morgan fingerprint density at radius 1 is 1.16 bits per heavy atom. The van der Waals surface area contributed by atoms with Crippen LogP contribution in [0.1, 0.15) is 28.9 Å². The van der Waals surface area contributed by atoms with Gasteiger partial charge in [0.05, 0.1) is 11.4 Å². The van der Waals surface area contributed by atoms with Crippen molar-refractivity contribution in [2.75, 3.05) is 23.7 Å². The predicted octanol–water partition coefficient (Wildman–Crippen LogP) is 5.46. The molecule has 0 saturated carbocycles. The second-order valence-electron chi connectivity index (χ2n) is 9.45. The first-order chi connectivity index (χ1) is 18.4. The molecule has 1 fully saturated rings. The van der Waals surface area contributed by atoms with Crippen molar-refractivity contribution in [1.82, 2.24) is 24.7 Å². The second kappa shape index (κ2) is 10.00. The van der Waals surface area contributed by atoms with Gasteiger partial charge in [-0.05, 0) is 68.3 Å². The average molecular weight is 530 g/mol. The maximum atomic E-state index is 15.2. The summed E-state index contributed by atoms with van der Waals surface area (Å²) in [6.07, 6.45) is 5.86. The molecule has 1 saturated heterocycles. The molecule has 1 aliphatic rings. The molecule has 2 aromatic carbocycles. The summed E-state index contributed by atoms with van der Waals surface area (Å²) >= 11 is 5.98. The first-order valence-electron chi connectivity index (χ1n) is 12.4. The molecular formula is C28H25ClFN7O. The number of rotatable bonds is 5. The maximum Gasteiger partial charge on any atom is 0.255 e. The smallest absolute Gasteiger partial charge is 0.255 e. The molecule has 1 atom stereocenters. The van der Waals surface area contributed by atoms with E-state index in [4.69, 9.17) is 21.6 Å². The Balaban J connectivity index is 1.34. The summed E-state index contributed by atoms with van der Waals surface area (Å²) in [6, 6.07) is 13.4. The summed E-state index contributed by atoms with van der Waals surface area (Å²) in [7, 11) is 0. The van der Waals surface area contributed by atoms with Crippen LogP contribution in [0.25, 0.3) is 27.8 Å². The van der Waals surface area contributed by atoms with Crippen molar-refractivity contribution in [2.24, 2.45) is 0 Å². The van der Waals surface area contributed by atoms with Crippen molar-refractivity contribution in [2.45, 2.75) is 25.8 Å². The Morgan fingerprint density at radius 2 is 2.05 bits per heavy atom. The van der Waals surface area contributed by atoms with Gasteiger partial charge in [-0.1, -0.05) is 23.7 Å². The topological polar surface area (TPSA) is 96.2 Å². The average Bonchev–Trinajstić information content (AvgIpc) is 3.32. The molecule has 3 N–H and O–H groups in total. The standard InChI is InChI=1S/C28H25ClFN7O/c1-16-15-37-25-19(13-32-28(36-25)34-21-6-3-9-31-14-21)11-22(26(37)33-16)17-7-8-24(23(30)12-17)35-27(38)18-4-2-5-20(29)10-18/h2,4-5,7-8,10-13,15,21,31H,3,6,9,14H2,1H3,(H,35,38)(H,32,34,36). The van der Waals surface area contributed by atoms with Gasteiger partial charge in [-0.15, -0.1) is 0 Å². The first kappa shape index (κ1) is 24.3. The van der Waals surface area contributed by atoms with Gasteiger partial charge in [0.1, 0.15) is 11.5 Å². The van der Waals surface area contributed by atoms with Gasteiger partial charge in [-0.25, -0.2) is 14.4 Å². The first-order valence-corrected chi connectivity index (χ1v) is 12.8. The number of hydrogen-bond donors (Lipinski definition) is 3. The zero-order chi connectivity index (χ0) is 26.2. The van der Waals surface area contributed by atoms with Gasteiger partial charge in [-0.2, -0.15) is 4.98 Å². The van der Waals surface area contributed by atoms with Crippen LogP contribution in [0.15, 0.2) is 60.9 Å². The molecule has 1 amide bonds. The predicted molar refractivity (Wildman–Crippen MR) is 147 cm³/mol. The van der Waals surface area contributed by atoms with Crippen molar-refractivity contribution in [3.63, 3.8) is 0 Å². The number of piperidine rings is 1. The SMILES string of the molecule is Cc1cn2c(n1)c(-c1ccc(NC(=O)c3cccc(Cl)c3)c(F)c1)cc1cnc(NC3CCCNC3)nc12. The molecule has 0 spiro atoms. The number of nitrogens with zero attached hydrogens (tertiary/aromatic N) is 4. The molecule has 0 aliphatic carbocycles. The molecule has 3 aromatic heterocycles. The lowest BCUT2D eigenvalue weighted by Gasteiger charge is -2.23. The van der Waals surface area contributed by atoms with Gasteiger partial charge in [-0.3, -0.25) is 9.20 Å². The zero-order valence-electron chi connectivity index (χ0n) is 20.6. The molecule has 0 radical (unpaired) electrons. The lowest BCUT2D eigenvalue weighted by Crippen LogP contribution is -2.38. The molecule has 38 heavy (non-hydrogen) atoms. The number of benzene rings is 2. The highest BCUT2D eigenvalue weighted by Gasteiger charge is 2.18. The van der Waals surface area contributed by atoms with E-state index in [1.807, 2.05) is 23.6 Å². The second-order valence-corrected chi connectivity index (χ2v) is 9.89. The van der Waals surface area contributed by atoms with Gasteiger partial charge in [0.2, 0.25) is 5.95 Å². The number of carbonyl (C=O) groups is 1. The van der Waals surface area contributed by atoms with Crippen LogP contribution in [0.4, 0.5) is 16.0 Å². The van der Waals surface area contributed by atoms with E-state index in [1.165, 1.54) is 12.1 Å². The minimum Gasteiger partial charge on any atom is -0.350 e. The highest BCUT2D eigenvalue weighted by Crippen LogP contribution is 2.31. The summed E-state index contributed by atoms with van der Waals surface area (Å²) in [5.41, 5.74) is 3.97. The number of pyridine rings is 1. The largest absolute Gasteiger partial charge is 0.350 e. The van der Waals surface area contributed by atoms with E-state index < -0.39 is 11.7 Å². The Labute approximate surface area is 223 Å². The number of aryl methyl sites for hydroxylation is 1. The van der Waals surface area contributed by atoms with Gasteiger partial charge in [0, 0.05) is 46.5 Å². The monoisotopic (exact) mass is 529 g/mol. The minimum absolute atomic E-state index is 0.0753. The summed E-state index contributed by atoms with van der Waals surface area (Å²) in [6.45, 7) is 3.82. The highest BCUT2D eigenvalue weighted by molar-refractivity contribution is 6.31. The molecule has 0 bridgehead atoms. The number of hydrogen-bond acceptors (Lipinski definition) is 6. The van der Waals surface area contributed by atoms with Crippen molar-refractivity contribution in [1.29, 1.82) is 0 Å². The van der Waals surface area contributed by atoms with Crippen LogP contribution in [-0.2, 0) is 0 Å². The molecule has 8 nitrogen and oxygen atoms in total. The Hall–Kier alpha value is -4.08. The highest BCUT2D eigenvalue weighted by atomic mass is 35.5. The Bertz CT molecular complexity index is 1680. The quantitative estimate of drug-likeness (QED) is 0.280. The number of amides is 1. The minimum atomic E-state index is -0.559. The fourth-order valence-electron chi connectivity index (χ4n) is 4.79. The third-order valence-electron chi connectivity index (χ3n) is 6.64. The summed E-state index contributed by atoms with van der Waals surface area (Å²) < 4.78 is 17.1. The fraction of sp³-hybridized carbons (Fsp3) is 0.214. The van der Waals surface area contributed by atoms with E-state index in [1.54, 1.807) is 36.5 Å². The molecular weight excluding hydrogens is 505 g/mol. The van der Waals surface area contributed by atoms with Crippen molar-refractivity contribution < 1.29 is 9.18 Å².